The van der Waals surface area contributed by atoms with Crippen molar-refractivity contribution in [3.05, 3.63) is 36.2 Å². The number of aromatic nitrogens is 5. The molecule has 0 saturated carbocycles. The van der Waals surface area contributed by atoms with Gasteiger partial charge in [0.2, 0.25) is 11.7 Å². The normalized spacial score (nSPS) is 15.0. The van der Waals surface area contributed by atoms with Crippen LogP contribution in [0.15, 0.2) is 39.5 Å². The molecule has 5 rings (SSSR count). The van der Waals surface area contributed by atoms with Crippen molar-refractivity contribution in [2.24, 2.45) is 0 Å². The Balaban J connectivity index is 1.33. The minimum atomic E-state index is 0.285. The van der Waals surface area contributed by atoms with Crippen LogP contribution in [0.4, 0.5) is 11.9 Å². The molecule has 1 saturated heterocycles. The molecule has 29 heavy (non-hydrogen) atoms. The van der Waals surface area contributed by atoms with Gasteiger partial charge in [0, 0.05) is 49.2 Å². The van der Waals surface area contributed by atoms with Crippen molar-refractivity contribution in [3.63, 3.8) is 0 Å². The van der Waals surface area contributed by atoms with Crippen molar-refractivity contribution in [2.45, 2.75) is 26.8 Å². The van der Waals surface area contributed by atoms with Gasteiger partial charge in [0.15, 0.2) is 0 Å². The monoisotopic (exact) mass is 393 g/mol. The predicted octanol–water partition coefficient (Wildman–Crippen LogP) is 3.29. The van der Waals surface area contributed by atoms with E-state index in [1.165, 1.54) is 0 Å². The summed E-state index contributed by atoms with van der Waals surface area (Å²) < 4.78 is 12.9. The Bertz CT molecular complexity index is 1130. The fourth-order valence-electron chi connectivity index (χ4n) is 3.67. The number of hydrogen-bond acceptors (Lipinski definition) is 8. The molecule has 0 radical (unpaired) electrons. The summed E-state index contributed by atoms with van der Waals surface area (Å²) in [5.74, 6) is 1.40. The smallest absolute Gasteiger partial charge is 0.324 e. The van der Waals surface area contributed by atoms with Crippen LogP contribution in [0.1, 0.15) is 25.6 Å². The zero-order valence-corrected chi connectivity index (χ0v) is 16.7. The van der Waals surface area contributed by atoms with Crippen LogP contribution in [-0.4, -0.2) is 51.3 Å². The highest BCUT2D eigenvalue weighted by Gasteiger charge is 2.24. The zero-order chi connectivity index (χ0) is 20.0. The predicted molar refractivity (Wildman–Crippen MR) is 109 cm³/mol. The lowest BCUT2D eigenvalue weighted by Crippen LogP contribution is -2.46. The van der Waals surface area contributed by atoms with Crippen molar-refractivity contribution in [3.8, 4) is 11.4 Å². The minimum absolute atomic E-state index is 0.285. The van der Waals surface area contributed by atoms with Crippen molar-refractivity contribution in [2.75, 3.05) is 36.0 Å². The Labute approximate surface area is 167 Å². The lowest BCUT2D eigenvalue weighted by Gasteiger charge is -2.32. The summed E-state index contributed by atoms with van der Waals surface area (Å²) in [6, 6.07) is 8.91. The number of benzene rings is 1. The molecule has 1 fully saturated rings. The summed E-state index contributed by atoms with van der Waals surface area (Å²) in [7, 11) is 0. The second kappa shape index (κ2) is 6.91. The Kier molecular flexibility index (Phi) is 4.22. The van der Waals surface area contributed by atoms with Gasteiger partial charge in [-0.25, -0.2) is 0 Å². The summed E-state index contributed by atoms with van der Waals surface area (Å²) in [5.41, 5.74) is 2.88. The van der Waals surface area contributed by atoms with Crippen LogP contribution in [0.25, 0.3) is 22.3 Å². The third-order valence-electron chi connectivity index (χ3n) is 5.24. The molecule has 9 heteroatoms. The van der Waals surface area contributed by atoms with E-state index in [2.05, 4.69) is 50.1 Å². The van der Waals surface area contributed by atoms with E-state index in [0.717, 1.165) is 54.2 Å². The molecule has 4 heterocycles. The van der Waals surface area contributed by atoms with Crippen LogP contribution in [-0.2, 0) is 0 Å². The first-order valence-corrected chi connectivity index (χ1v) is 9.83. The van der Waals surface area contributed by atoms with E-state index in [-0.39, 0.29) is 6.04 Å². The lowest BCUT2D eigenvalue weighted by atomic mass is 10.1. The van der Waals surface area contributed by atoms with E-state index in [1.807, 2.05) is 36.0 Å². The average molecular weight is 393 g/mol. The van der Waals surface area contributed by atoms with Gasteiger partial charge in [-0.1, -0.05) is 22.4 Å². The number of aryl methyl sites for hydroxylation is 1. The van der Waals surface area contributed by atoms with Gasteiger partial charge < -0.3 is 18.8 Å². The second-order valence-electron chi connectivity index (χ2n) is 7.64. The number of piperazine rings is 1. The highest BCUT2D eigenvalue weighted by atomic mass is 16.5. The molecular formula is C20H23N7O2. The molecule has 1 aliphatic heterocycles. The third-order valence-corrected chi connectivity index (χ3v) is 5.24. The molecule has 0 spiro atoms. The minimum Gasteiger partial charge on any atom is -0.338 e. The summed E-state index contributed by atoms with van der Waals surface area (Å²) in [5, 5.41) is 13.7. The van der Waals surface area contributed by atoms with E-state index in [9.17, 15) is 0 Å². The van der Waals surface area contributed by atoms with Crippen molar-refractivity contribution < 1.29 is 9.05 Å². The maximum absolute atomic E-state index is 5.56. The van der Waals surface area contributed by atoms with Gasteiger partial charge in [-0.15, -0.1) is 0 Å². The first-order valence-electron chi connectivity index (χ1n) is 9.83. The molecule has 1 aliphatic rings. The number of hydrogen-bond donors (Lipinski definition) is 0. The van der Waals surface area contributed by atoms with Gasteiger partial charge in [-0.2, -0.15) is 10.1 Å². The van der Waals surface area contributed by atoms with Crippen molar-refractivity contribution >= 4 is 22.8 Å². The Morgan fingerprint density at radius 3 is 2.48 bits per heavy atom. The van der Waals surface area contributed by atoms with Gasteiger partial charge in [0.25, 0.3) is 0 Å². The Morgan fingerprint density at radius 2 is 1.76 bits per heavy atom. The summed E-state index contributed by atoms with van der Waals surface area (Å²) in [4.78, 5) is 8.92. The topological polar surface area (TPSA) is 89.3 Å². The highest BCUT2D eigenvalue weighted by Crippen LogP contribution is 2.26. The number of rotatable bonds is 4. The van der Waals surface area contributed by atoms with E-state index in [4.69, 9.17) is 9.05 Å². The highest BCUT2D eigenvalue weighted by molar-refractivity contribution is 5.83. The van der Waals surface area contributed by atoms with Gasteiger partial charge in [0.1, 0.15) is 0 Å². The molecule has 0 atom stereocenters. The SMILES string of the molecule is Cc1cc(N2CCN(c3nc(-c4ccc5cnn(C(C)C)c5c4)no3)CC2)on1. The number of nitrogens with zero attached hydrogens (tertiary/aromatic N) is 7. The first-order chi connectivity index (χ1) is 14.1. The zero-order valence-electron chi connectivity index (χ0n) is 16.7. The van der Waals surface area contributed by atoms with Gasteiger partial charge >= 0.3 is 6.01 Å². The molecule has 0 bridgehead atoms. The van der Waals surface area contributed by atoms with Crippen LogP contribution in [0.5, 0.6) is 0 Å². The quantitative estimate of drug-likeness (QED) is 0.522. The maximum atomic E-state index is 5.56. The standard InChI is InChI=1S/C20H23N7O2/c1-13(2)27-17-11-15(4-5-16(17)12-21-27)19-22-20(29-24-19)26-8-6-25(7-9-26)18-10-14(3)23-28-18/h4-5,10-13H,6-9H2,1-3H3. The van der Waals surface area contributed by atoms with Crippen molar-refractivity contribution in [1.29, 1.82) is 0 Å². The van der Waals surface area contributed by atoms with E-state index < -0.39 is 0 Å². The van der Waals surface area contributed by atoms with Crippen LogP contribution >= 0.6 is 0 Å². The molecule has 150 valence electrons. The van der Waals surface area contributed by atoms with E-state index in [1.54, 1.807) is 0 Å². The molecule has 0 N–H and O–H groups in total. The molecule has 4 aromatic rings. The van der Waals surface area contributed by atoms with Gasteiger partial charge in [0.05, 0.1) is 17.4 Å². The lowest BCUT2D eigenvalue weighted by molar-refractivity contribution is 0.393. The molecule has 0 aliphatic carbocycles. The maximum Gasteiger partial charge on any atom is 0.324 e. The first kappa shape index (κ1) is 17.7. The van der Waals surface area contributed by atoms with Crippen LogP contribution in [0.2, 0.25) is 0 Å². The average Bonchev–Trinajstić information content (AvgIpc) is 3.46. The van der Waals surface area contributed by atoms with Crippen LogP contribution < -0.4 is 9.80 Å². The third kappa shape index (κ3) is 3.22. The number of fused-ring (bicyclic) bond motifs is 1. The summed E-state index contributed by atoms with van der Waals surface area (Å²) in [6.45, 7) is 9.34. The fourth-order valence-corrected chi connectivity index (χ4v) is 3.67. The summed E-state index contributed by atoms with van der Waals surface area (Å²) in [6.07, 6.45) is 1.89. The second-order valence-corrected chi connectivity index (χ2v) is 7.64. The van der Waals surface area contributed by atoms with Crippen molar-refractivity contribution in [1.82, 2.24) is 25.1 Å². The van der Waals surface area contributed by atoms with Gasteiger partial charge in [-0.05, 0) is 26.8 Å². The molecule has 0 amide bonds. The van der Waals surface area contributed by atoms with Crippen LogP contribution in [0.3, 0.4) is 0 Å². The molecule has 0 unspecified atom stereocenters. The molecule has 1 aromatic carbocycles. The van der Waals surface area contributed by atoms with E-state index in [0.29, 0.717) is 11.8 Å². The fraction of sp³-hybridized carbons (Fsp3) is 0.400. The molecule has 3 aromatic heterocycles. The largest absolute Gasteiger partial charge is 0.338 e. The Hall–Kier alpha value is -3.36. The molecular weight excluding hydrogens is 370 g/mol. The number of anilines is 2. The summed E-state index contributed by atoms with van der Waals surface area (Å²) >= 11 is 0. The Morgan fingerprint density at radius 1 is 0.966 bits per heavy atom. The van der Waals surface area contributed by atoms with Gasteiger partial charge in [-0.3, -0.25) is 4.68 Å². The molecule has 9 nitrogen and oxygen atoms in total. The van der Waals surface area contributed by atoms with Crippen LogP contribution in [0, 0.1) is 6.92 Å². The van der Waals surface area contributed by atoms with E-state index >= 15 is 0 Å².